The molecule has 1 aromatic carbocycles. The first-order chi connectivity index (χ1) is 12.0. The molecule has 0 radical (unpaired) electrons. The number of rotatable bonds is 7. The van der Waals surface area contributed by atoms with Crippen LogP contribution in [-0.4, -0.2) is 30.9 Å². The molecule has 0 saturated heterocycles. The highest BCUT2D eigenvalue weighted by Crippen LogP contribution is 2.23. The molecule has 1 fully saturated rings. The molecule has 0 heterocycles. The van der Waals surface area contributed by atoms with Crippen molar-refractivity contribution in [1.82, 2.24) is 10.6 Å². The number of nitrogens with one attached hydrogen (secondary N) is 2. The van der Waals surface area contributed by atoms with Gasteiger partial charge >= 0.3 is 5.97 Å². The molecule has 0 unspecified atom stereocenters. The summed E-state index contributed by atoms with van der Waals surface area (Å²) in [6, 6.07) is 7.07. The Morgan fingerprint density at radius 3 is 2.40 bits per heavy atom. The van der Waals surface area contributed by atoms with E-state index in [9.17, 15) is 14.4 Å². The highest BCUT2D eigenvalue weighted by Gasteiger charge is 2.21. The predicted octanol–water partition coefficient (Wildman–Crippen LogP) is 2.20. The Morgan fingerprint density at radius 2 is 1.72 bits per heavy atom. The van der Waals surface area contributed by atoms with Crippen molar-refractivity contribution in [3.05, 3.63) is 34.9 Å². The predicted molar refractivity (Wildman–Crippen MR) is 93.8 cm³/mol. The number of esters is 1. The van der Waals surface area contributed by atoms with Crippen LogP contribution in [-0.2, 0) is 25.7 Å². The van der Waals surface area contributed by atoms with Gasteiger partial charge in [0.15, 0.2) is 6.61 Å². The maximum absolute atomic E-state index is 11.9. The number of halogens is 1. The van der Waals surface area contributed by atoms with E-state index < -0.39 is 11.9 Å². The summed E-state index contributed by atoms with van der Waals surface area (Å²) in [7, 11) is 0. The molecule has 0 atom stereocenters. The van der Waals surface area contributed by atoms with Gasteiger partial charge in [-0.15, -0.1) is 0 Å². The Labute approximate surface area is 152 Å². The monoisotopic (exact) mass is 366 g/mol. The molecule has 2 N–H and O–H groups in total. The summed E-state index contributed by atoms with van der Waals surface area (Å²) in [6.45, 7) is -0.252. The van der Waals surface area contributed by atoms with Gasteiger partial charge in [0.05, 0.1) is 0 Å². The van der Waals surface area contributed by atoms with E-state index in [1.54, 1.807) is 24.3 Å². The van der Waals surface area contributed by atoms with Gasteiger partial charge in [-0.2, -0.15) is 0 Å². The fourth-order valence-corrected chi connectivity index (χ4v) is 2.85. The molecule has 0 aromatic heterocycles. The number of amides is 2. The molecule has 6 nitrogen and oxygen atoms in total. The quantitative estimate of drug-likeness (QED) is 0.724. The topological polar surface area (TPSA) is 84.5 Å². The molecule has 1 aromatic rings. The Kier molecular flexibility index (Phi) is 7.73. The van der Waals surface area contributed by atoms with E-state index in [2.05, 4.69) is 10.6 Å². The summed E-state index contributed by atoms with van der Waals surface area (Å²) in [4.78, 5) is 35.2. The van der Waals surface area contributed by atoms with Gasteiger partial charge < -0.3 is 15.4 Å². The summed E-state index contributed by atoms with van der Waals surface area (Å²) in [6.07, 6.45) is 5.01. The van der Waals surface area contributed by atoms with Crippen LogP contribution in [0.1, 0.15) is 37.7 Å². The smallest absolute Gasteiger partial charge is 0.325 e. The van der Waals surface area contributed by atoms with Gasteiger partial charge in [-0.05, 0) is 30.5 Å². The first-order valence-electron chi connectivity index (χ1n) is 8.49. The molecule has 2 rings (SSSR count). The van der Waals surface area contributed by atoms with Gasteiger partial charge in [-0.1, -0.05) is 43.0 Å². The van der Waals surface area contributed by atoms with E-state index in [4.69, 9.17) is 16.3 Å². The van der Waals surface area contributed by atoms with Crippen molar-refractivity contribution in [2.24, 2.45) is 5.92 Å². The molecule has 136 valence electrons. The molecule has 1 saturated carbocycles. The van der Waals surface area contributed by atoms with Crippen molar-refractivity contribution in [2.45, 2.75) is 38.6 Å². The third-order valence-corrected chi connectivity index (χ3v) is 4.40. The van der Waals surface area contributed by atoms with Crippen LogP contribution in [0, 0.1) is 5.92 Å². The van der Waals surface area contributed by atoms with Crippen LogP contribution in [0.3, 0.4) is 0 Å². The molecule has 0 bridgehead atoms. The summed E-state index contributed by atoms with van der Waals surface area (Å²) >= 11 is 5.79. The number of carbonyl (C=O) groups is 3. The minimum atomic E-state index is -0.620. The minimum Gasteiger partial charge on any atom is -0.454 e. The van der Waals surface area contributed by atoms with Crippen LogP contribution in [0.15, 0.2) is 24.3 Å². The Balaban J connectivity index is 1.59. The van der Waals surface area contributed by atoms with E-state index in [1.165, 1.54) is 0 Å². The normalized spacial score (nSPS) is 14.6. The Bertz CT molecular complexity index is 598. The molecule has 25 heavy (non-hydrogen) atoms. The first-order valence-corrected chi connectivity index (χ1v) is 8.87. The molecule has 1 aliphatic rings. The van der Waals surface area contributed by atoms with Crippen molar-refractivity contribution in [1.29, 1.82) is 0 Å². The summed E-state index contributed by atoms with van der Waals surface area (Å²) in [5.74, 6) is -1.14. The van der Waals surface area contributed by atoms with Crippen LogP contribution in [0.5, 0.6) is 0 Å². The molecular formula is C18H23ClN2O4. The second kappa shape index (κ2) is 10.0. The van der Waals surface area contributed by atoms with Crippen molar-refractivity contribution >= 4 is 29.4 Å². The average Bonchev–Trinajstić information content (AvgIpc) is 2.64. The van der Waals surface area contributed by atoms with Crippen LogP contribution in [0.4, 0.5) is 0 Å². The number of carbonyl (C=O) groups excluding carboxylic acids is 3. The number of hydrogen-bond acceptors (Lipinski definition) is 4. The van der Waals surface area contributed by atoms with Crippen molar-refractivity contribution < 1.29 is 19.1 Å². The van der Waals surface area contributed by atoms with Crippen LogP contribution < -0.4 is 10.6 Å². The molecule has 2 amide bonds. The van der Waals surface area contributed by atoms with E-state index in [0.717, 1.165) is 37.7 Å². The minimum absolute atomic E-state index is 0.00998. The summed E-state index contributed by atoms with van der Waals surface area (Å²) < 4.78 is 4.86. The molecule has 7 heteroatoms. The van der Waals surface area contributed by atoms with Gasteiger partial charge in [-0.25, -0.2) is 0 Å². The van der Waals surface area contributed by atoms with Crippen molar-refractivity contribution in [3.8, 4) is 0 Å². The second-order valence-electron chi connectivity index (χ2n) is 6.12. The van der Waals surface area contributed by atoms with Crippen LogP contribution in [0.2, 0.25) is 5.02 Å². The maximum Gasteiger partial charge on any atom is 0.325 e. The zero-order valence-corrected chi connectivity index (χ0v) is 14.8. The fraction of sp³-hybridized carbons (Fsp3) is 0.500. The van der Waals surface area contributed by atoms with Crippen molar-refractivity contribution in [2.75, 3.05) is 13.2 Å². The Morgan fingerprint density at radius 1 is 1.04 bits per heavy atom. The molecule has 0 spiro atoms. The van der Waals surface area contributed by atoms with E-state index in [0.29, 0.717) is 11.6 Å². The highest BCUT2D eigenvalue weighted by molar-refractivity contribution is 6.30. The van der Waals surface area contributed by atoms with E-state index >= 15 is 0 Å². The lowest BCUT2D eigenvalue weighted by Gasteiger charge is -2.20. The molecular weight excluding hydrogens is 344 g/mol. The van der Waals surface area contributed by atoms with Gasteiger partial charge in [0.25, 0.3) is 5.91 Å². The van der Waals surface area contributed by atoms with Gasteiger partial charge in [0.2, 0.25) is 5.91 Å². The molecule has 1 aliphatic carbocycles. The third kappa shape index (κ3) is 7.13. The largest absolute Gasteiger partial charge is 0.454 e. The highest BCUT2D eigenvalue weighted by atomic mass is 35.5. The van der Waals surface area contributed by atoms with Gasteiger partial charge in [-0.3, -0.25) is 14.4 Å². The second-order valence-corrected chi connectivity index (χ2v) is 6.55. The van der Waals surface area contributed by atoms with E-state index in [-0.39, 0.29) is 25.0 Å². The zero-order valence-electron chi connectivity index (χ0n) is 14.1. The number of hydrogen-bond donors (Lipinski definition) is 2. The average molecular weight is 367 g/mol. The number of benzene rings is 1. The lowest BCUT2D eigenvalue weighted by atomic mass is 9.89. The number of ether oxygens (including phenoxy) is 1. The first kappa shape index (κ1) is 19.2. The van der Waals surface area contributed by atoms with Gasteiger partial charge in [0, 0.05) is 17.5 Å². The third-order valence-electron chi connectivity index (χ3n) is 4.15. The maximum atomic E-state index is 11.9. The zero-order chi connectivity index (χ0) is 18.1. The molecule has 0 aliphatic heterocycles. The van der Waals surface area contributed by atoms with Gasteiger partial charge in [0.1, 0.15) is 6.54 Å². The SMILES string of the molecule is O=C(COC(=O)CNC(=O)C1CCCCC1)NCc1ccc(Cl)cc1. The standard InChI is InChI=1S/C18H23ClN2O4/c19-15-8-6-13(7-9-15)10-20-16(22)12-25-17(23)11-21-18(24)14-4-2-1-3-5-14/h6-9,14H,1-5,10-12H2,(H,20,22)(H,21,24). The fourth-order valence-electron chi connectivity index (χ4n) is 2.72. The van der Waals surface area contributed by atoms with E-state index in [1.807, 2.05) is 0 Å². The summed E-state index contributed by atoms with van der Waals surface area (Å²) in [5, 5.41) is 5.85. The van der Waals surface area contributed by atoms with Crippen LogP contribution in [0.25, 0.3) is 0 Å². The Hall–Kier alpha value is -2.08. The summed E-state index contributed by atoms with van der Waals surface area (Å²) in [5.41, 5.74) is 0.892. The lowest BCUT2D eigenvalue weighted by Crippen LogP contribution is -2.37. The lowest BCUT2D eigenvalue weighted by molar-refractivity contribution is -0.148. The van der Waals surface area contributed by atoms with Crippen molar-refractivity contribution in [3.63, 3.8) is 0 Å². The van der Waals surface area contributed by atoms with Crippen LogP contribution >= 0.6 is 11.6 Å².